The molecule has 1 aromatic heterocycles. The Labute approximate surface area is 337 Å². The molecule has 0 spiro atoms. The van der Waals surface area contributed by atoms with Gasteiger partial charge in [-0.3, -0.25) is 14.7 Å². The van der Waals surface area contributed by atoms with Crippen LogP contribution < -0.4 is 10.6 Å². The SMILES string of the molecule is Cc1cc(C(=O)O)ccc1-c1ccc(CC(CC(=O)C2CCC(CNC(=O)OC(C)(C)C)CC2)C(=O)Nc2ccc(-c3n[nH]c(C(F)(F)C(F)(F)C(=O)O)n3)cc2)cc1. The predicted molar refractivity (Wildman–Crippen MR) is 207 cm³/mol. The summed E-state index contributed by atoms with van der Waals surface area (Å²) in [7, 11) is 0. The Balaban J connectivity index is 1.29. The zero-order chi connectivity index (χ0) is 43.3. The van der Waals surface area contributed by atoms with Crippen LogP contribution in [0.5, 0.6) is 0 Å². The fourth-order valence-corrected chi connectivity index (χ4v) is 6.88. The number of carboxylic acids is 2. The van der Waals surface area contributed by atoms with E-state index in [4.69, 9.17) is 9.84 Å². The smallest absolute Gasteiger partial charge is 0.411 e. The Morgan fingerprint density at radius 1 is 0.881 bits per heavy atom. The number of alkyl halides is 4. The number of carboxylic acid groups (broad SMARTS) is 2. The van der Waals surface area contributed by atoms with E-state index in [1.807, 2.05) is 31.2 Å². The third-order valence-electron chi connectivity index (χ3n) is 10.1. The first-order chi connectivity index (χ1) is 27.6. The number of hydrogen-bond acceptors (Lipinski definition) is 8. The molecule has 0 radical (unpaired) electrons. The number of aromatic carboxylic acids is 1. The largest absolute Gasteiger partial charge is 0.478 e. The molecule has 17 heteroatoms. The maximum Gasteiger partial charge on any atom is 0.411 e. The van der Waals surface area contributed by atoms with Crippen molar-refractivity contribution >= 4 is 35.4 Å². The number of ketones is 1. The lowest BCUT2D eigenvalue weighted by Crippen LogP contribution is -2.45. The van der Waals surface area contributed by atoms with Crippen LogP contribution in [-0.2, 0) is 31.5 Å². The number of Topliss-reactive ketones (excluding diaryl/α,β-unsaturated/α-hetero) is 1. The molecule has 3 aromatic carbocycles. The molecule has 2 amide bonds. The van der Waals surface area contributed by atoms with E-state index in [1.54, 1.807) is 38.0 Å². The minimum Gasteiger partial charge on any atom is -0.478 e. The lowest BCUT2D eigenvalue weighted by molar-refractivity contribution is -0.231. The molecule has 314 valence electrons. The molecule has 1 atom stereocenters. The molecule has 5 N–H and O–H groups in total. The first kappa shape index (κ1) is 44.0. The van der Waals surface area contributed by atoms with Crippen LogP contribution >= 0.6 is 0 Å². The number of amides is 2. The summed E-state index contributed by atoms with van der Waals surface area (Å²) in [6.45, 7) is 7.56. The van der Waals surface area contributed by atoms with Crippen molar-refractivity contribution in [1.82, 2.24) is 20.5 Å². The summed E-state index contributed by atoms with van der Waals surface area (Å²) in [5, 5.41) is 28.7. The van der Waals surface area contributed by atoms with E-state index in [0.29, 0.717) is 32.2 Å². The lowest BCUT2D eigenvalue weighted by Gasteiger charge is -2.29. The Hall–Kier alpha value is -6.13. The van der Waals surface area contributed by atoms with Gasteiger partial charge in [-0.15, -0.1) is 0 Å². The van der Waals surface area contributed by atoms with E-state index in [0.717, 1.165) is 22.3 Å². The molecule has 1 heterocycles. The van der Waals surface area contributed by atoms with Gasteiger partial charge in [-0.1, -0.05) is 30.3 Å². The highest BCUT2D eigenvalue weighted by Crippen LogP contribution is 2.42. The van der Waals surface area contributed by atoms with Gasteiger partial charge in [-0.25, -0.2) is 19.4 Å². The number of carbonyl (C=O) groups is 5. The van der Waals surface area contributed by atoms with Crippen molar-refractivity contribution in [3.05, 3.63) is 89.2 Å². The van der Waals surface area contributed by atoms with E-state index in [9.17, 15) is 46.6 Å². The standard InChI is InChI=1S/C42H45F4N5O8/c1-23-19-29(36(54)55)15-18-32(23)26-9-5-24(6-10-26)20-30(21-33(52)27-11-7-25(8-12-27)22-47-39(58)59-40(2,3)4)35(53)48-31-16-13-28(14-17-31)34-49-37(51-50-34)41(43,44)42(45,46)38(56)57/h5-6,9-10,13-19,25,27,30H,7-8,11-12,20-22H2,1-4H3,(H,47,58)(H,48,53)(H,54,55)(H,56,57)(H,49,50,51). The number of halogens is 4. The summed E-state index contributed by atoms with van der Waals surface area (Å²) in [5.41, 5.74) is 3.09. The molecule has 5 rings (SSSR count). The van der Waals surface area contributed by atoms with Gasteiger partial charge in [0.1, 0.15) is 11.4 Å². The first-order valence-electron chi connectivity index (χ1n) is 18.9. The molecule has 1 unspecified atom stereocenters. The van der Waals surface area contributed by atoms with Crippen LogP contribution in [0.4, 0.5) is 28.0 Å². The number of H-pyrrole nitrogens is 1. The quantitative estimate of drug-likeness (QED) is 0.0731. The van der Waals surface area contributed by atoms with Crippen molar-refractivity contribution < 1.29 is 56.5 Å². The minimum absolute atomic E-state index is 0.0674. The van der Waals surface area contributed by atoms with Crippen molar-refractivity contribution in [1.29, 1.82) is 0 Å². The highest BCUT2D eigenvalue weighted by atomic mass is 19.3. The number of nitrogens with one attached hydrogen (secondary N) is 3. The molecular formula is C42H45F4N5O8. The monoisotopic (exact) mass is 823 g/mol. The molecule has 1 saturated carbocycles. The number of alkyl carbamates (subject to hydrolysis) is 1. The first-order valence-corrected chi connectivity index (χ1v) is 18.9. The van der Waals surface area contributed by atoms with Crippen LogP contribution in [0.15, 0.2) is 66.7 Å². The molecule has 13 nitrogen and oxygen atoms in total. The van der Waals surface area contributed by atoms with Crippen LogP contribution in [0.2, 0.25) is 0 Å². The number of carbonyl (C=O) groups excluding carboxylic acids is 3. The van der Waals surface area contributed by atoms with Crippen LogP contribution in [0.1, 0.15) is 80.2 Å². The number of aryl methyl sites for hydroxylation is 1. The van der Waals surface area contributed by atoms with Crippen molar-refractivity contribution in [3.63, 3.8) is 0 Å². The number of ether oxygens (including phenoxy) is 1. The molecular weight excluding hydrogens is 778 g/mol. The summed E-state index contributed by atoms with van der Waals surface area (Å²) in [4.78, 5) is 65.3. The summed E-state index contributed by atoms with van der Waals surface area (Å²) in [6, 6.07) is 17.7. The molecule has 1 fully saturated rings. The fourth-order valence-electron chi connectivity index (χ4n) is 6.88. The van der Waals surface area contributed by atoms with E-state index in [2.05, 4.69) is 20.7 Å². The van der Waals surface area contributed by atoms with Gasteiger partial charge >= 0.3 is 29.9 Å². The van der Waals surface area contributed by atoms with Gasteiger partial charge in [0.25, 0.3) is 0 Å². The van der Waals surface area contributed by atoms with E-state index in [-0.39, 0.29) is 47.3 Å². The number of benzene rings is 3. The van der Waals surface area contributed by atoms with Gasteiger partial charge in [-0.2, -0.15) is 22.7 Å². The van der Waals surface area contributed by atoms with Gasteiger partial charge < -0.3 is 25.6 Å². The third kappa shape index (κ3) is 10.9. The third-order valence-corrected chi connectivity index (χ3v) is 10.1. The normalized spacial score (nSPS) is 16.5. The molecule has 0 saturated heterocycles. The number of aliphatic carboxylic acids is 1. The molecule has 1 aliphatic carbocycles. The van der Waals surface area contributed by atoms with Crippen LogP contribution in [0, 0.1) is 24.7 Å². The molecule has 1 aliphatic rings. The van der Waals surface area contributed by atoms with Gasteiger partial charge in [0, 0.05) is 36.1 Å². The molecule has 59 heavy (non-hydrogen) atoms. The second-order valence-corrected chi connectivity index (χ2v) is 15.7. The topological polar surface area (TPSA) is 201 Å². The average Bonchev–Trinajstić information content (AvgIpc) is 3.68. The number of nitrogens with zero attached hydrogens (tertiary/aromatic N) is 2. The minimum atomic E-state index is -5.45. The van der Waals surface area contributed by atoms with Crippen molar-refractivity contribution in [3.8, 4) is 22.5 Å². The lowest BCUT2D eigenvalue weighted by atomic mass is 9.77. The summed E-state index contributed by atoms with van der Waals surface area (Å²) in [5.74, 6) is -18.2. The van der Waals surface area contributed by atoms with Crippen LogP contribution in [-0.4, -0.2) is 73.2 Å². The van der Waals surface area contributed by atoms with Gasteiger partial charge in [0.05, 0.1) is 5.56 Å². The molecule has 0 bridgehead atoms. The second kappa shape index (κ2) is 17.8. The highest BCUT2D eigenvalue weighted by Gasteiger charge is 2.65. The van der Waals surface area contributed by atoms with E-state index >= 15 is 0 Å². The van der Waals surface area contributed by atoms with E-state index in [1.165, 1.54) is 30.3 Å². The number of rotatable bonds is 15. The zero-order valence-corrected chi connectivity index (χ0v) is 32.8. The van der Waals surface area contributed by atoms with Crippen molar-refractivity contribution in [2.75, 3.05) is 11.9 Å². The number of anilines is 1. The Morgan fingerprint density at radius 3 is 2.08 bits per heavy atom. The number of aromatic nitrogens is 3. The Kier molecular flexibility index (Phi) is 13.3. The average molecular weight is 824 g/mol. The molecule has 0 aliphatic heterocycles. The predicted octanol–water partition coefficient (Wildman–Crippen LogP) is 8.04. The summed E-state index contributed by atoms with van der Waals surface area (Å²) < 4.78 is 61.2. The van der Waals surface area contributed by atoms with Crippen LogP contribution in [0.3, 0.4) is 0 Å². The highest BCUT2D eigenvalue weighted by molar-refractivity contribution is 5.96. The second-order valence-electron chi connectivity index (χ2n) is 15.7. The van der Waals surface area contributed by atoms with Crippen LogP contribution in [0.25, 0.3) is 22.5 Å². The summed E-state index contributed by atoms with van der Waals surface area (Å²) in [6.07, 6.45) is 2.21. The van der Waals surface area contributed by atoms with Crippen molar-refractivity contribution in [2.45, 2.75) is 83.7 Å². The zero-order valence-electron chi connectivity index (χ0n) is 32.8. The van der Waals surface area contributed by atoms with Gasteiger partial charge in [0.15, 0.2) is 5.82 Å². The number of hydrogen-bond donors (Lipinski definition) is 5. The number of aromatic amines is 1. The maximum absolute atomic E-state index is 14.3. The van der Waals surface area contributed by atoms with E-state index < -0.39 is 59.0 Å². The Morgan fingerprint density at radius 2 is 1.51 bits per heavy atom. The van der Waals surface area contributed by atoms with Gasteiger partial charge in [-0.05, 0) is 124 Å². The Bertz CT molecular complexity index is 2180. The maximum atomic E-state index is 14.3. The summed E-state index contributed by atoms with van der Waals surface area (Å²) >= 11 is 0. The molecule has 4 aromatic rings. The van der Waals surface area contributed by atoms with Crippen molar-refractivity contribution in [2.24, 2.45) is 17.8 Å². The van der Waals surface area contributed by atoms with Gasteiger partial charge in [0.2, 0.25) is 11.7 Å². The fraction of sp³-hybridized carbons (Fsp3) is 0.405.